The molecule has 0 aliphatic heterocycles. The molecule has 8 nitrogen and oxygen atoms in total. The zero-order valence-electron chi connectivity index (χ0n) is 26.3. The van der Waals surface area contributed by atoms with Crippen molar-refractivity contribution in [3.8, 4) is 5.75 Å². The number of hydrogen-bond acceptors (Lipinski definition) is 5. The smallest absolute Gasteiger partial charge is 0.264 e. The molecule has 0 aromatic heterocycles. The predicted octanol–water partition coefficient (Wildman–Crippen LogP) is 7.55. The average Bonchev–Trinajstić information content (AvgIpc) is 3.60. The molecule has 4 aromatic carbocycles. The van der Waals surface area contributed by atoms with E-state index in [0.717, 1.165) is 35.6 Å². The van der Waals surface area contributed by atoms with Crippen molar-refractivity contribution in [3.05, 3.63) is 123 Å². The minimum absolute atomic E-state index is 0.00546. The van der Waals surface area contributed by atoms with Crippen molar-refractivity contribution in [2.45, 2.75) is 55.6 Å². The molecule has 0 heterocycles. The largest absolute Gasteiger partial charge is 0.495 e. The van der Waals surface area contributed by atoms with Gasteiger partial charge in [-0.15, -0.1) is 0 Å². The number of ether oxygens (including phenoxy) is 1. The number of amides is 2. The lowest BCUT2D eigenvalue weighted by Gasteiger charge is -2.34. The summed E-state index contributed by atoms with van der Waals surface area (Å²) in [6.07, 6.45) is 3.93. The summed E-state index contributed by atoms with van der Waals surface area (Å²) < 4.78 is 34.7. The van der Waals surface area contributed by atoms with E-state index in [1.54, 1.807) is 36.4 Å². The third kappa shape index (κ3) is 8.63. The average molecular weight is 729 g/mol. The summed E-state index contributed by atoms with van der Waals surface area (Å²) in [5.41, 5.74) is 1.61. The predicted molar refractivity (Wildman–Crippen MR) is 190 cm³/mol. The number of carbonyl (C=O) groups excluding carboxylic acids is 2. The fraction of sp³-hybridized carbons (Fsp3) is 0.278. The Bertz CT molecular complexity index is 1840. The number of benzene rings is 4. The van der Waals surface area contributed by atoms with Crippen LogP contribution in [0.3, 0.4) is 0 Å². The highest BCUT2D eigenvalue weighted by molar-refractivity contribution is 7.92. The van der Waals surface area contributed by atoms with E-state index in [9.17, 15) is 18.0 Å². The first-order valence-corrected chi connectivity index (χ1v) is 18.1. The number of anilines is 1. The van der Waals surface area contributed by atoms with Crippen molar-refractivity contribution < 1.29 is 22.7 Å². The lowest BCUT2D eigenvalue weighted by Crippen LogP contribution is -2.54. The molecule has 5 rings (SSSR count). The third-order valence-corrected chi connectivity index (χ3v) is 11.2. The van der Waals surface area contributed by atoms with Crippen LogP contribution >= 0.6 is 34.8 Å². The van der Waals surface area contributed by atoms with E-state index < -0.39 is 28.5 Å². The first kappa shape index (κ1) is 35.5. The highest BCUT2D eigenvalue weighted by atomic mass is 35.5. The number of carbonyl (C=O) groups is 2. The van der Waals surface area contributed by atoms with Crippen LogP contribution in [0.1, 0.15) is 36.8 Å². The molecule has 12 heteroatoms. The topological polar surface area (TPSA) is 96.0 Å². The van der Waals surface area contributed by atoms with Gasteiger partial charge in [0.15, 0.2) is 0 Å². The summed E-state index contributed by atoms with van der Waals surface area (Å²) in [7, 11) is -2.83. The molecule has 48 heavy (non-hydrogen) atoms. The zero-order valence-corrected chi connectivity index (χ0v) is 29.4. The molecule has 1 N–H and O–H groups in total. The molecular weight excluding hydrogens is 693 g/mol. The molecule has 0 radical (unpaired) electrons. The molecule has 4 aromatic rings. The summed E-state index contributed by atoms with van der Waals surface area (Å²) in [5.74, 6) is -0.573. The lowest BCUT2D eigenvalue weighted by molar-refractivity contribution is -0.140. The number of hydrogen-bond donors (Lipinski definition) is 1. The Morgan fingerprint density at radius 1 is 0.833 bits per heavy atom. The van der Waals surface area contributed by atoms with Crippen LogP contribution in [-0.2, 0) is 32.6 Å². The highest BCUT2D eigenvalue weighted by Gasteiger charge is 2.35. The third-order valence-electron chi connectivity index (χ3n) is 8.34. The lowest BCUT2D eigenvalue weighted by atomic mass is 10.0. The molecule has 1 fully saturated rings. The van der Waals surface area contributed by atoms with E-state index in [-0.39, 0.29) is 45.5 Å². The van der Waals surface area contributed by atoms with Gasteiger partial charge in [0.25, 0.3) is 10.0 Å². The number of halogens is 3. The van der Waals surface area contributed by atoms with E-state index >= 15 is 0 Å². The Kier molecular flexibility index (Phi) is 11.9. The van der Waals surface area contributed by atoms with Gasteiger partial charge in [-0.05, 0) is 66.4 Å². The summed E-state index contributed by atoms with van der Waals surface area (Å²) >= 11 is 19.0. The van der Waals surface area contributed by atoms with Gasteiger partial charge in [-0.1, -0.05) is 102 Å². The van der Waals surface area contributed by atoms with Crippen molar-refractivity contribution in [3.63, 3.8) is 0 Å². The summed E-state index contributed by atoms with van der Waals surface area (Å²) in [6, 6.07) is 25.7. The first-order valence-electron chi connectivity index (χ1n) is 15.6. The molecule has 0 bridgehead atoms. The number of nitrogens with zero attached hydrogens (tertiary/aromatic N) is 2. The quantitative estimate of drug-likeness (QED) is 0.154. The number of nitrogens with one attached hydrogen (secondary N) is 1. The molecule has 2 amide bonds. The van der Waals surface area contributed by atoms with E-state index in [1.807, 2.05) is 30.3 Å². The molecule has 0 unspecified atom stereocenters. The van der Waals surface area contributed by atoms with Gasteiger partial charge in [0.2, 0.25) is 11.8 Å². The van der Waals surface area contributed by atoms with Gasteiger partial charge in [-0.25, -0.2) is 8.42 Å². The maximum Gasteiger partial charge on any atom is 0.264 e. The molecule has 0 spiro atoms. The Morgan fingerprint density at radius 3 is 2.12 bits per heavy atom. The number of methoxy groups -OCH3 is 1. The van der Waals surface area contributed by atoms with Crippen LogP contribution in [0.4, 0.5) is 5.69 Å². The minimum atomic E-state index is -4.28. The van der Waals surface area contributed by atoms with Crippen molar-refractivity contribution in [1.29, 1.82) is 0 Å². The minimum Gasteiger partial charge on any atom is -0.495 e. The molecule has 1 saturated carbocycles. The molecule has 1 aliphatic carbocycles. The van der Waals surface area contributed by atoms with Crippen molar-refractivity contribution in [2.75, 3.05) is 18.0 Å². The normalized spacial score (nSPS) is 13.9. The standard InChI is InChI=1S/C36H36Cl3N3O5S/c1-47-34-19-17-28(22-32(34)39)42(48(45,46)29-14-6-3-7-15-29)24-35(43)41(23-26-16-18-30(37)31(38)20-26)33(21-25-10-4-2-5-11-25)36(44)40-27-12-8-9-13-27/h2-7,10-11,14-20,22,27,33H,8-9,12-13,21,23-24H2,1H3,(H,40,44)/t33-/m1/s1. The van der Waals surface area contributed by atoms with Gasteiger partial charge in [-0.2, -0.15) is 0 Å². The maximum atomic E-state index is 14.7. The van der Waals surface area contributed by atoms with Crippen molar-refractivity contribution in [2.24, 2.45) is 0 Å². The van der Waals surface area contributed by atoms with Gasteiger partial charge in [0, 0.05) is 19.0 Å². The SMILES string of the molecule is COc1ccc(N(CC(=O)N(Cc2ccc(Cl)c(Cl)c2)[C@H](Cc2ccccc2)C(=O)NC2CCCC2)S(=O)(=O)c2ccccc2)cc1Cl. The van der Waals surface area contributed by atoms with Crippen LogP contribution in [0, 0.1) is 0 Å². The number of sulfonamides is 1. The molecule has 1 aliphatic rings. The van der Waals surface area contributed by atoms with Crippen LogP contribution < -0.4 is 14.4 Å². The second-order valence-corrected chi connectivity index (χ2v) is 14.7. The summed E-state index contributed by atoms with van der Waals surface area (Å²) in [5, 5.41) is 3.96. The maximum absolute atomic E-state index is 14.7. The fourth-order valence-corrected chi connectivity index (χ4v) is 7.81. The second kappa shape index (κ2) is 16.1. The van der Waals surface area contributed by atoms with E-state index in [4.69, 9.17) is 39.5 Å². The highest BCUT2D eigenvalue weighted by Crippen LogP contribution is 2.33. The van der Waals surface area contributed by atoms with Crippen LogP contribution in [0.15, 0.2) is 102 Å². The van der Waals surface area contributed by atoms with Gasteiger partial charge in [-0.3, -0.25) is 13.9 Å². The van der Waals surface area contributed by atoms with Gasteiger partial charge >= 0.3 is 0 Å². The van der Waals surface area contributed by atoms with E-state index in [2.05, 4.69) is 5.32 Å². The fourth-order valence-electron chi connectivity index (χ4n) is 5.82. The Labute approximate surface area is 296 Å². The van der Waals surface area contributed by atoms with Crippen molar-refractivity contribution in [1.82, 2.24) is 10.2 Å². The molecule has 1 atom stereocenters. The molecular formula is C36H36Cl3N3O5S. The van der Waals surface area contributed by atoms with Crippen molar-refractivity contribution >= 4 is 62.3 Å². The van der Waals surface area contributed by atoms with Crippen LogP contribution in [0.25, 0.3) is 0 Å². The van der Waals surface area contributed by atoms with Crippen LogP contribution in [-0.4, -0.2) is 50.9 Å². The molecule has 252 valence electrons. The van der Waals surface area contributed by atoms with E-state index in [1.165, 1.54) is 42.3 Å². The summed E-state index contributed by atoms with van der Waals surface area (Å²) in [6.45, 7) is -0.656. The zero-order chi connectivity index (χ0) is 34.3. The molecule has 0 saturated heterocycles. The summed E-state index contributed by atoms with van der Waals surface area (Å²) in [4.78, 5) is 30.2. The first-order chi connectivity index (χ1) is 23.1. The Morgan fingerprint density at radius 2 is 1.50 bits per heavy atom. The van der Waals surface area contributed by atoms with Gasteiger partial charge in [0.1, 0.15) is 18.3 Å². The van der Waals surface area contributed by atoms with Gasteiger partial charge < -0.3 is 15.0 Å². The van der Waals surface area contributed by atoms with Gasteiger partial charge in [0.05, 0.1) is 32.8 Å². The monoisotopic (exact) mass is 727 g/mol. The second-order valence-electron chi connectivity index (χ2n) is 11.6. The van der Waals surface area contributed by atoms with Crippen LogP contribution in [0.2, 0.25) is 15.1 Å². The van der Waals surface area contributed by atoms with E-state index in [0.29, 0.717) is 16.3 Å². The van der Waals surface area contributed by atoms with Crippen LogP contribution in [0.5, 0.6) is 5.75 Å². The Hall–Kier alpha value is -3.76. The number of rotatable bonds is 13. The Balaban J connectivity index is 1.59.